The zero-order valence-electron chi connectivity index (χ0n) is 11.3. The van der Waals surface area contributed by atoms with Crippen LogP contribution in [0.1, 0.15) is 21.6 Å². The number of amides is 1. The zero-order chi connectivity index (χ0) is 14.3. The van der Waals surface area contributed by atoms with E-state index in [0.717, 1.165) is 22.1 Å². The Balaban J connectivity index is 1.87. The van der Waals surface area contributed by atoms with E-state index in [4.69, 9.17) is 5.73 Å². The maximum atomic E-state index is 12.6. The van der Waals surface area contributed by atoms with Gasteiger partial charge in [0.2, 0.25) is 0 Å². The van der Waals surface area contributed by atoms with Gasteiger partial charge in [-0.2, -0.15) is 0 Å². The first-order chi connectivity index (χ1) is 9.56. The second kappa shape index (κ2) is 4.98. The molecule has 1 aliphatic heterocycles. The summed E-state index contributed by atoms with van der Waals surface area (Å²) >= 11 is 3.40. The van der Waals surface area contributed by atoms with E-state index in [1.807, 2.05) is 47.0 Å². The van der Waals surface area contributed by atoms with Crippen molar-refractivity contribution in [2.24, 2.45) is 7.05 Å². The number of anilines is 1. The van der Waals surface area contributed by atoms with Crippen molar-refractivity contribution in [3.63, 3.8) is 0 Å². The third-order valence-corrected chi connectivity index (χ3v) is 4.21. The number of hydrogen-bond acceptors (Lipinski definition) is 2. The molecule has 2 aromatic rings. The van der Waals surface area contributed by atoms with Crippen molar-refractivity contribution in [1.29, 1.82) is 0 Å². The number of carbonyl (C=O) groups is 1. The van der Waals surface area contributed by atoms with Crippen LogP contribution < -0.4 is 5.73 Å². The van der Waals surface area contributed by atoms with Gasteiger partial charge >= 0.3 is 0 Å². The third-order valence-electron chi connectivity index (χ3n) is 3.78. The summed E-state index contributed by atoms with van der Waals surface area (Å²) in [7, 11) is 1.88. The number of nitrogens with zero attached hydrogens (tertiary/aromatic N) is 2. The second-order valence-corrected chi connectivity index (χ2v) is 6.03. The van der Waals surface area contributed by atoms with E-state index in [9.17, 15) is 4.79 Å². The molecule has 2 N–H and O–H groups in total. The molecule has 0 radical (unpaired) electrons. The number of carbonyl (C=O) groups excluding carboxylic acids is 1. The number of benzene rings is 1. The Morgan fingerprint density at radius 1 is 1.40 bits per heavy atom. The first-order valence-electron chi connectivity index (χ1n) is 6.53. The molecule has 104 valence electrons. The van der Waals surface area contributed by atoms with Crippen molar-refractivity contribution >= 4 is 27.5 Å². The maximum absolute atomic E-state index is 12.6. The SMILES string of the molecule is Cn1cc(Br)cc1C(=O)N1CCc2c(N)cccc2C1. The van der Waals surface area contributed by atoms with Gasteiger partial charge < -0.3 is 15.2 Å². The monoisotopic (exact) mass is 333 g/mol. The smallest absolute Gasteiger partial charge is 0.270 e. The average molecular weight is 334 g/mol. The highest BCUT2D eigenvalue weighted by atomic mass is 79.9. The third kappa shape index (κ3) is 2.22. The van der Waals surface area contributed by atoms with E-state index in [1.54, 1.807) is 0 Å². The standard InChI is InChI=1S/C15H16BrN3O/c1-18-9-11(16)7-14(18)15(20)19-6-5-12-10(8-19)3-2-4-13(12)17/h2-4,7,9H,5-6,8,17H2,1H3. The minimum absolute atomic E-state index is 0.0614. The van der Waals surface area contributed by atoms with Gasteiger partial charge in [-0.3, -0.25) is 4.79 Å². The highest BCUT2D eigenvalue weighted by molar-refractivity contribution is 9.10. The molecule has 0 fully saturated rings. The molecular weight excluding hydrogens is 318 g/mol. The van der Waals surface area contributed by atoms with Crippen molar-refractivity contribution in [2.75, 3.05) is 12.3 Å². The molecule has 3 rings (SSSR count). The number of fused-ring (bicyclic) bond motifs is 1. The molecule has 5 heteroatoms. The number of nitrogen functional groups attached to an aromatic ring is 1. The minimum Gasteiger partial charge on any atom is -0.398 e. The molecule has 0 unspecified atom stereocenters. The van der Waals surface area contributed by atoms with Gasteiger partial charge in [0.05, 0.1) is 0 Å². The van der Waals surface area contributed by atoms with Crippen LogP contribution in [0.15, 0.2) is 34.9 Å². The van der Waals surface area contributed by atoms with E-state index in [1.165, 1.54) is 5.56 Å². The number of aryl methyl sites for hydroxylation is 1. The highest BCUT2D eigenvalue weighted by Gasteiger charge is 2.24. The Morgan fingerprint density at radius 2 is 2.20 bits per heavy atom. The van der Waals surface area contributed by atoms with E-state index in [-0.39, 0.29) is 5.91 Å². The maximum Gasteiger partial charge on any atom is 0.270 e. The van der Waals surface area contributed by atoms with Crippen molar-refractivity contribution in [2.45, 2.75) is 13.0 Å². The van der Waals surface area contributed by atoms with Crippen LogP contribution >= 0.6 is 15.9 Å². The van der Waals surface area contributed by atoms with Gasteiger partial charge in [-0.15, -0.1) is 0 Å². The lowest BCUT2D eigenvalue weighted by Crippen LogP contribution is -2.37. The quantitative estimate of drug-likeness (QED) is 0.815. The van der Waals surface area contributed by atoms with Crippen molar-refractivity contribution in [1.82, 2.24) is 9.47 Å². The number of rotatable bonds is 1. The van der Waals surface area contributed by atoms with Gasteiger partial charge in [0.1, 0.15) is 5.69 Å². The topological polar surface area (TPSA) is 51.3 Å². The van der Waals surface area contributed by atoms with Crippen molar-refractivity contribution in [3.8, 4) is 0 Å². The average Bonchev–Trinajstić information content (AvgIpc) is 2.77. The van der Waals surface area contributed by atoms with Gasteiger partial charge in [0.15, 0.2) is 0 Å². The summed E-state index contributed by atoms with van der Waals surface area (Å²) < 4.78 is 2.77. The number of nitrogens with two attached hydrogens (primary N) is 1. The van der Waals surface area contributed by atoms with Gasteiger partial charge in [-0.25, -0.2) is 0 Å². The Morgan fingerprint density at radius 3 is 2.90 bits per heavy atom. The lowest BCUT2D eigenvalue weighted by Gasteiger charge is -2.29. The largest absolute Gasteiger partial charge is 0.398 e. The van der Waals surface area contributed by atoms with Crippen LogP contribution in [0, 0.1) is 0 Å². The Labute approximate surface area is 126 Å². The molecular formula is C15H16BrN3O. The zero-order valence-corrected chi connectivity index (χ0v) is 12.9. The fourth-order valence-corrected chi connectivity index (χ4v) is 3.24. The first-order valence-corrected chi connectivity index (χ1v) is 7.33. The summed E-state index contributed by atoms with van der Waals surface area (Å²) in [5.41, 5.74) is 9.85. The van der Waals surface area contributed by atoms with Gasteiger partial charge in [0, 0.05) is 36.5 Å². The predicted octanol–water partition coefficient (Wildman–Crippen LogP) is 2.57. The fourth-order valence-electron chi connectivity index (χ4n) is 2.71. The summed E-state index contributed by atoms with van der Waals surface area (Å²) in [6.07, 6.45) is 2.71. The van der Waals surface area contributed by atoms with E-state index >= 15 is 0 Å². The Hall–Kier alpha value is -1.75. The van der Waals surface area contributed by atoms with E-state index in [0.29, 0.717) is 18.8 Å². The van der Waals surface area contributed by atoms with Crippen LogP contribution in [0.4, 0.5) is 5.69 Å². The first kappa shape index (κ1) is 13.2. The Bertz CT molecular complexity index is 678. The Kier molecular flexibility index (Phi) is 3.30. The normalized spacial score (nSPS) is 14.2. The van der Waals surface area contributed by atoms with Crippen LogP contribution in [0.5, 0.6) is 0 Å². The summed E-state index contributed by atoms with van der Waals surface area (Å²) in [5, 5.41) is 0. The molecule has 1 aromatic carbocycles. The molecule has 0 atom stereocenters. The minimum atomic E-state index is 0.0614. The van der Waals surface area contributed by atoms with Crippen LogP contribution in [0.3, 0.4) is 0 Å². The number of aromatic nitrogens is 1. The van der Waals surface area contributed by atoms with Gasteiger partial charge in [0.25, 0.3) is 5.91 Å². The van der Waals surface area contributed by atoms with Crippen LogP contribution in [-0.4, -0.2) is 21.9 Å². The molecule has 20 heavy (non-hydrogen) atoms. The van der Waals surface area contributed by atoms with Crippen LogP contribution in [-0.2, 0) is 20.0 Å². The molecule has 0 spiro atoms. The lowest BCUT2D eigenvalue weighted by atomic mass is 9.98. The molecule has 4 nitrogen and oxygen atoms in total. The lowest BCUT2D eigenvalue weighted by molar-refractivity contribution is 0.0725. The van der Waals surface area contributed by atoms with E-state index in [2.05, 4.69) is 15.9 Å². The second-order valence-electron chi connectivity index (χ2n) is 5.12. The van der Waals surface area contributed by atoms with Gasteiger partial charge in [-0.1, -0.05) is 12.1 Å². The summed E-state index contributed by atoms with van der Waals surface area (Å²) in [4.78, 5) is 14.5. The van der Waals surface area contributed by atoms with Crippen LogP contribution in [0.25, 0.3) is 0 Å². The molecule has 0 saturated carbocycles. The predicted molar refractivity (Wildman–Crippen MR) is 82.4 cm³/mol. The highest BCUT2D eigenvalue weighted by Crippen LogP contribution is 2.25. The number of hydrogen-bond donors (Lipinski definition) is 1. The molecule has 0 aliphatic carbocycles. The summed E-state index contributed by atoms with van der Waals surface area (Å²) in [6, 6.07) is 7.77. The molecule has 2 heterocycles. The molecule has 0 saturated heterocycles. The molecule has 0 bridgehead atoms. The van der Waals surface area contributed by atoms with Gasteiger partial charge in [-0.05, 0) is 45.6 Å². The summed E-state index contributed by atoms with van der Waals surface area (Å²) in [5.74, 6) is 0.0614. The molecule has 1 aromatic heterocycles. The molecule has 1 aliphatic rings. The summed E-state index contributed by atoms with van der Waals surface area (Å²) in [6.45, 7) is 1.34. The van der Waals surface area contributed by atoms with E-state index < -0.39 is 0 Å². The molecule has 1 amide bonds. The number of halogens is 1. The van der Waals surface area contributed by atoms with Crippen molar-refractivity contribution < 1.29 is 4.79 Å². The fraction of sp³-hybridized carbons (Fsp3) is 0.267. The van der Waals surface area contributed by atoms with Crippen molar-refractivity contribution in [3.05, 3.63) is 51.8 Å². The van der Waals surface area contributed by atoms with Crippen LogP contribution in [0.2, 0.25) is 0 Å².